The minimum absolute atomic E-state index is 0.146. The van der Waals surface area contributed by atoms with Crippen LogP contribution in [-0.2, 0) is 12.6 Å². The van der Waals surface area contributed by atoms with Gasteiger partial charge in [0, 0.05) is 17.7 Å². The number of aryl methyl sites for hydroxylation is 1. The Labute approximate surface area is 124 Å². The molecule has 104 valence electrons. The summed E-state index contributed by atoms with van der Waals surface area (Å²) in [5.41, 5.74) is 0.279. The summed E-state index contributed by atoms with van der Waals surface area (Å²) in [6.07, 6.45) is 1.73. The van der Waals surface area contributed by atoms with E-state index >= 15 is 0 Å². The number of halogens is 1. The molecular weight excluding hydrogens is 322 g/mol. The molecule has 0 saturated carbocycles. The second-order valence-corrected chi connectivity index (χ2v) is 5.99. The smallest absolute Gasteiger partial charge is 0.274 e. The molecule has 0 atom stereocenters. The predicted molar refractivity (Wildman–Crippen MR) is 77.2 cm³/mol. The van der Waals surface area contributed by atoms with Crippen LogP contribution in [0.4, 0.5) is 0 Å². The van der Waals surface area contributed by atoms with E-state index in [4.69, 9.17) is 0 Å². The van der Waals surface area contributed by atoms with Crippen molar-refractivity contribution in [3.05, 3.63) is 52.3 Å². The van der Waals surface area contributed by atoms with Crippen molar-refractivity contribution in [1.82, 2.24) is 14.7 Å². The predicted octanol–water partition coefficient (Wildman–Crippen LogP) is 1.53. The van der Waals surface area contributed by atoms with Crippen molar-refractivity contribution in [3.63, 3.8) is 0 Å². The van der Waals surface area contributed by atoms with Gasteiger partial charge in [-0.05, 0) is 23.8 Å². The summed E-state index contributed by atoms with van der Waals surface area (Å²) in [7, 11) is 1.77. The first-order valence-corrected chi connectivity index (χ1v) is 7.05. The van der Waals surface area contributed by atoms with E-state index in [2.05, 4.69) is 21.0 Å². The summed E-state index contributed by atoms with van der Waals surface area (Å²) in [6.45, 7) is 0.591. The van der Waals surface area contributed by atoms with Gasteiger partial charge in [-0.25, -0.2) is 0 Å². The van der Waals surface area contributed by atoms with Gasteiger partial charge in [0.05, 0.1) is 13.1 Å². The second kappa shape index (κ2) is 4.71. The summed E-state index contributed by atoms with van der Waals surface area (Å²) < 4.78 is 2.55. The Kier molecular flexibility index (Phi) is 3.14. The zero-order chi connectivity index (χ0) is 14.3. The fourth-order valence-corrected chi connectivity index (χ4v) is 2.63. The van der Waals surface area contributed by atoms with Crippen LogP contribution in [0.3, 0.4) is 0 Å². The van der Waals surface area contributed by atoms with Gasteiger partial charge in [-0.2, -0.15) is 5.10 Å². The molecule has 1 aromatic heterocycles. The van der Waals surface area contributed by atoms with Gasteiger partial charge in [0.15, 0.2) is 0 Å². The molecule has 0 spiro atoms. The maximum absolute atomic E-state index is 12.1. The van der Waals surface area contributed by atoms with Gasteiger partial charge >= 0.3 is 0 Å². The number of carbonyl (C=O) groups is 1. The molecule has 1 aliphatic rings. The van der Waals surface area contributed by atoms with E-state index in [0.717, 1.165) is 10.0 Å². The number of aromatic nitrogens is 2. The number of likely N-dealkylation sites (tertiary alicyclic amines) is 1. The van der Waals surface area contributed by atoms with Gasteiger partial charge < -0.3 is 10.0 Å². The number of hydrogen-bond donors (Lipinski definition) is 1. The second-order valence-electron chi connectivity index (χ2n) is 5.07. The minimum atomic E-state index is -0.953. The Morgan fingerprint density at radius 1 is 1.30 bits per heavy atom. The molecule has 2 aromatic rings. The van der Waals surface area contributed by atoms with E-state index in [-0.39, 0.29) is 5.91 Å². The van der Waals surface area contributed by atoms with Crippen molar-refractivity contribution < 1.29 is 9.90 Å². The molecule has 0 unspecified atom stereocenters. The first kappa shape index (κ1) is 13.3. The molecule has 1 saturated heterocycles. The van der Waals surface area contributed by atoms with Gasteiger partial charge in [-0.3, -0.25) is 9.48 Å². The van der Waals surface area contributed by atoms with Gasteiger partial charge in [-0.1, -0.05) is 28.1 Å². The number of hydrogen-bond acceptors (Lipinski definition) is 3. The maximum Gasteiger partial charge on any atom is 0.274 e. The van der Waals surface area contributed by atoms with Crippen LogP contribution >= 0.6 is 15.9 Å². The highest BCUT2D eigenvalue weighted by Crippen LogP contribution is 2.33. The van der Waals surface area contributed by atoms with Crippen molar-refractivity contribution in [2.75, 3.05) is 13.1 Å². The highest BCUT2D eigenvalue weighted by molar-refractivity contribution is 9.10. The number of rotatable bonds is 2. The standard InChI is InChI=1S/C14H14BrN3O2/c1-17-7-6-12(16-17)13(19)18-8-14(20,9-18)10-2-4-11(15)5-3-10/h2-7,20H,8-9H2,1H3. The largest absolute Gasteiger partial charge is 0.381 e. The summed E-state index contributed by atoms with van der Waals surface area (Å²) in [6, 6.07) is 9.19. The molecule has 0 aliphatic carbocycles. The highest BCUT2D eigenvalue weighted by Gasteiger charge is 2.45. The molecule has 6 heteroatoms. The van der Waals surface area contributed by atoms with Crippen LogP contribution in [0.1, 0.15) is 16.1 Å². The van der Waals surface area contributed by atoms with Crippen molar-refractivity contribution in [2.45, 2.75) is 5.60 Å². The fourth-order valence-electron chi connectivity index (χ4n) is 2.36. The maximum atomic E-state index is 12.1. The molecule has 5 nitrogen and oxygen atoms in total. The SMILES string of the molecule is Cn1ccc(C(=O)N2CC(O)(c3ccc(Br)cc3)C2)n1. The lowest BCUT2D eigenvalue weighted by Gasteiger charge is -2.46. The van der Waals surface area contributed by atoms with E-state index in [0.29, 0.717) is 18.8 Å². The third-order valence-corrected chi connectivity index (χ3v) is 4.04. The lowest BCUT2D eigenvalue weighted by molar-refractivity contribution is -0.0865. The van der Waals surface area contributed by atoms with Crippen LogP contribution in [0, 0.1) is 0 Å². The van der Waals surface area contributed by atoms with Crippen molar-refractivity contribution in [3.8, 4) is 0 Å². The number of carbonyl (C=O) groups excluding carboxylic acids is 1. The Hall–Kier alpha value is -1.66. The number of amides is 1. The van der Waals surface area contributed by atoms with Crippen molar-refractivity contribution in [2.24, 2.45) is 7.05 Å². The molecule has 1 aliphatic heterocycles. The molecule has 1 aromatic carbocycles. The summed E-state index contributed by atoms with van der Waals surface area (Å²) in [5, 5.41) is 14.6. The van der Waals surface area contributed by atoms with Crippen LogP contribution in [0.25, 0.3) is 0 Å². The summed E-state index contributed by atoms with van der Waals surface area (Å²) in [5.74, 6) is -0.146. The van der Waals surface area contributed by atoms with E-state index in [1.165, 1.54) is 0 Å². The lowest BCUT2D eigenvalue weighted by atomic mass is 9.86. The van der Waals surface area contributed by atoms with Gasteiger partial charge in [-0.15, -0.1) is 0 Å². The third-order valence-electron chi connectivity index (χ3n) is 3.51. The summed E-state index contributed by atoms with van der Waals surface area (Å²) in [4.78, 5) is 13.7. The molecule has 0 radical (unpaired) electrons. The zero-order valence-corrected chi connectivity index (χ0v) is 12.5. The molecule has 2 heterocycles. The molecule has 1 amide bonds. The average Bonchev–Trinajstić information content (AvgIpc) is 2.82. The first-order chi connectivity index (χ1) is 9.48. The lowest BCUT2D eigenvalue weighted by Crippen LogP contribution is -2.61. The average molecular weight is 336 g/mol. The molecule has 1 N–H and O–H groups in total. The topological polar surface area (TPSA) is 58.4 Å². The number of β-amino-alcohol motifs (C(OH)–C–C–N with tert-alkyl or cyclic N) is 1. The quantitative estimate of drug-likeness (QED) is 0.905. The van der Waals surface area contributed by atoms with Gasteiger partial charge in [0.1, 0.15) is 11.3 Å². The third kappa shape index (κ3) is 2.25. The van der Waals surface area contributed by atoms with E-state index in [1.807, 2.05) is 24.3 Å². The highest BCUT2D eigenvalue weighted by atomic mass is 79.9. The number of nitrogens with zero attached hydrogens (tertiary/aromatic N) is 3. The van der Waals surface area contributed by atoms with E-state index in [1.54, 1.807) is 28.9 Å². The molecular formula is C14H14BrN3O2. The molecule has 3 rings (SSSR count). The Morgan fingerprint density at radius 2 is 1.95 bits per heavy atom. The molecule has 1 fully saturated rings. The van der Waals surface area contributed by atoms with Crippen molar-refractivity contribution >= 4 is 21.8 Å². The zero-order valence-electron chi connectivity index (χ0n) is 11.0. The van der Waals surface area contributed by atoms with Gasteiger partial charge in [0.25, 0.3) is 5.91 Å². The Balaban J connectivity index is 1.71. The van der Waals surface area contributed by atoms with Crippen molar-refractivity contribution in [1.29, 1.82) is 0 Å². The van der Waals surface area contributed by atoms with E-state index in [9.17, 15) is 9.90 Å². The first-order valence-electron chi connectivity index (χ1n) is 6.25. The van der Waals surface area contributed by atoms with Crippen LogP contribution in [0.2, 0.25) is 0 Å². The Bertz CT molecular complexity index is 645. The van der Waals surface area contributed by atoms with Crippen LogP contribution in [0.15, 0.2) is 41.0 Å². The molecule has 20 heavy (non-hydrogen) atoms. The Morgan fingerprint density at radius 3 is 2.50 bits per heavy atom. The van der Waals surface area contributed by atoms with Gasteiger partial charge in [0.2, 0.25) is 0 Å². The summed E-state index contributed by atoms with van der Waals surface area (Å²) >= 11 is 3.36. The monoisotopic (exact) mass is 335 g/mol. The van der Waals surface area contributed by atoms with E-state index < -0.39 is 5.60 Å². The number of aliphatic hydroxyl groups is 1. The van der Waals surface area contributed by atoms with Crippen LogP contribution in [0.5, 0.6) is 0 Å². The van der Waals surface area contributed by atoms with Crippen LogP contribution < -0.4 is 0 Å². The fraction of sp³-hybridized carbons (Fsp3) is 0.286. The molecule has 0 bridgehead atoms. The van der Waals surface area contributed by atoms with Crippen LogP contribution in [-0.4, -0.2) is 38.8 Å². The normalized spacial score (nSPS) is 16.9. The minimum Gasteiger partial charge on any atom is -0.381 e. The number of benzene rings is 1.